The number of ether oxygens (including phenoxy) is 1. The number of hydrogen-bond donors (Lipinski definition) is 1. The third-order valence-corrected chi connectivity index (χ3v) is 4.11. The van der Waals surface area contributed by atoms with Crippen LogP contribution in [0.25, 0.3) is 0 Å². The van der Waals surface area contributed by atoms with Gasteiger partial charge < -0.3 is 10.5 Å². The Morgan fingerprint density at radius 1 is 1.37 bits per heavy atom. The standard InChI is InChI=1S/C10H13F3N2O3S/c1-15(6-10(11,12)13)19(16,17)7-3-4-8(14)9(5-7)18-2/h3-5H,6,14H2,1-2H3. The summed E-state index contributed by atoms with van der Waals surface area (Å²) in [5.41, 5.74) is 5.70. The van der Waals surface area contributed by atoms with Crippen molar-refractivity contribution in [3.63, 3.8) is 0 Å². The van der Waals surface area contributed by atoms with Gasteiger partial charge in [0.05, 0.1) is 17.7 Å². The maximum Gasteiger partial charge on any atom is 0.402 e. The molecule has 0 saturated carbocycles. The molecule has 0 aliphatic rings. The van der Waals surface area contributed by atoms with Crippen molar-refractivity contribution in [1.29, 1.82) is 0 Å². The number of methoxy groups -OCH3 is 1. The third kappa shape index (κ3) is 3.74. The first kappa shape index (κ1) is 15.6. The Morgan fingerprint density at radius 3 is 2.42 bits per heavy atom. The van der Waals surface area contributed by atoms with Crippen LogP contribution in [0, 0.1) is 0 Å². The van der Waals surface area contributed by atoms with Crippen molar-refractivity contribution in [1.82, 2.24) is 4.31 Å². The number of hydrogen-bond acceptors (Lipinski definition) is 4. The van der Waals surface area contributed by atoms with E-state index in [1.54, 1.807) is 0 Å². The molecule has 1 rings (SSSR count). The van der Waals surface area contributed by atoms with Crippen molar-refractivity contribution < 1.29 is 26.3 Å². The summed E-state index contributed by atoms with van der Waals surface area (Å²) < 4.78 is 65.5. The van der Waals surface area contributed by atoms with E-state index >= 15 is 0 Å². The molecule has 0 atom stereocenters. The molecule has 0 radical (unpaired) electrons. The minimum Gasteiger partial charge on any atom is -0.495 e. The van der Waals surface area contributed by atoms with Crippen LogP contribution in [0.1, 0.15) is 0 Å². The number of halogens is 3. The van der Waals surface area contributed by atoms with Crippen LogP contribution in [0.5, 0.6) is 5.75 Å². The molecule has 0 aromatic heterocycles. The van der Waals surface area contributed by atoms with Crippen molar-refractivity contribution in [2.75, 3.05) is 26.4 Å². The minimum absolute atomic E-state index is 0.0847. The number of sulfonamides is 1. The molecule has 19 heavy (non-hydrogen) atoms. The van der Waals surface area contributed by atoms with Gasteiger partial charge in [0, 0.05) is 13.1 Å². The fourth-order valence-corrected chi connectivity index (χ4v) is 2.54. The fraction of sp³-hybridized carbons (Fsp3) is 0.400. The highest BCUT2D eigenvalue weighted by Crippen LogP contribution is 2.27. The lowest BCUT2D eigenvalue weighted by atomic mass is 10.3. The molecule has 0 aliphatic carbocycles. The van der Waals surface area contributed by atoms with Crippen LogP contribution in [0.4, 0.5) is 18.9 Å². The summed E-state index contributed by atoms with van der Waals surface area (Å²) in [6, 6.07) is 3.46. The van der Waals surface area contributed by atoms with E-state index in [1.807, 2.05) is 0 Å². The molecular formula is C10H13F3N2O3S. The quantitative estimate of drug-likeness (QED) is 0.854. The van der Waals surface area contributed by atoms with Crippen molar-refractivity contribution in [2.45, 2.75) is 11.1 Å². The average molecular weight is 298 g/mol. The first-order valence-electron chi connectivity index (χ1n) is 5.04. The van der Waals surface area contributed by atoms with Crippen LogP contribution in [-0.4, -0.2) is 39.6 Å². The Bertz CT molecular complexity index is 558. The van der Waals surface area contributed by atoms with E-state index in [0.717, 1.165) is 19.2 Å². The molecule has 1 aromatic carbocycles. The SMILES string of the molecule is COc1cc(S(=O)(=O)N(C)CC(F)(F)F)ccc1N. The van der Waals surface area contributed by atoms with Gasteiger partial charge in [-0.25, -0.2) is 8.42 Å². The Hall–Kier alpha value is -1.48. The highest BCUT2D eigenvalue weighted by Gasteiger charge is 2.35. The maximum atomic E-state index is 12.2. The van der Waals surface area contributed by atoms with E-state index in [-0.39, 0.29) is 20.6 Å². The molecule has 0 heterocycles. The van der Waals surface area contributed by atoms with Crippen LogP contribution < -0.4 is 10.5 Å². The predicted octanol–water partition coefficient (Wildman–Crippen LogP) is 1.46. The van der Waals surface area contributed by atoms with Gasteiger partial charge in [-0.1, -0.05) is 0 Å². The zero-order chi connectivity index (χ0) is 14.8. The topological polar surface area (TPSA) is 72.6 Å². The lowest BCUT2D eigenvalue weighted by molar-refractivity contribution is -0.134. The highest BCUT2D eigenvalue weighted by molar-refractivity contribution is 7.89. The van der Waals surface area contributed by atoms with Gasteiger partial charge in [0.1, 0.15) is 12.3 Å². The zero-order valence-electron chi connectivity index (χ0n) is 10.2. The molecule has 0 unspecified atom stereocenters. The highest BCUT2D eigenvalue weighted by atomic mass is 32.2. The van der Waals surface area contributed by atoms with E-state index in [1.165, 1.54) is 13.2 Å². The molecule has 1 aromatic rings. The average Bonchev–Trinajstić information content (AvgIpc) is 2.27. The molecule has 0 spiro atoms. The van der Waals surface area contributed by atoms with E-state index in [0.29, 0.717) is 0 Å². The van der Waals surface area contributed by atoms with Gasteiger partial charge in [-0.05, 0) is 12.1 Å². The van der Waals surface area contributed by atoms with Crippen LogP contribution in [0.3, 0.4) is 0 Å². The van der Waals surface area contributed by atoms with E-state index in [9.17, 15) is 21.6 Å². The summed E-state index contributed by atoms with van der Waals surface area (Å²) in [7, 11) is -2.11. The van der Waals surface area contributed by atoms with E-state index in [4.69, 9.17) is 10.5 Å². The second kappa shape index (κ2) is 5.25. The monoisotopic (exact) mass is 298 g/mol. The van der Waals surface area contributed by atoms with Gasteiger partial charge in [-0.2, -0.15) is 17.5 Å². The summed E-state index contributed by atoms with van der Waals surface area (Å²) in [4.78, 5) is -0.315. The van der Waals surface area contributed by atoms with Crippen LogP contribution in [0.15, 0.2) is 23.1 Å². The Morgan fingerprint density at radius 2 is 1.95 bits per heavy atom. The van der Waals surface area contributed by atoms with Gasteiger partial charge in [0.2, 0.25) is 10.0 Å². The lowest BCUT2D eigenvalue weighted by Crippen LogP contribution is -2.35. The second-order valence-corrected chi connectivity index (χ2v) is 5.82. The van der Waals surface area contributed by atoms with Gasteiger partial charge in [-0.15, -0.1) is 0 Å². The summed E-state index contributed by atoms with van der Waals surface area (Å²) in [5, 5.41) is 0. The number of benzene rings is 1. The molecule has 0 fully saturated rings. The van der Waals surface area contributed by atoms with E-state index in [2.05, 4.69) is 0 Å². The normalized spacial score (nSPS) is 12.7. The number of alkyl halides is 3. The molecule has 2 N–H and O–H groups in total. The zero-order valence-corrected chi connectivity index (χ0v) is 11.0. The van der Waals surface area contributed by atoms with Crippen molar-refractivity contribution in [2.24, 2.45) is 0 Å². The predicted molar refractivity (Wildman–Crippen MR) is 63.3 cm³/mol. The molecular weight excluding hydrogens is 285 g/mol. The molecule has 5 nitrogen and oxygen atoms in total. The number of nitrogens with zero attached hydrogens (tertiary/aromatic N) is 1. The fourth-order valence-electron chi connectivity index (χ4n) is 1.37. The van der Waals surface area contributed by atoms with E-state index < -0.39 is 22.7 Å². The maximum absolute atomic E-state index is 12.2. The molecule has 9 heteroatoms. The van der Waals surface area contributed by atoms with Crippen molar-refractivity contribution in [3.8, 4) is 5.75 Å². The van der Waals surface area contributed by atoms with Crippen molar-refractivity contribution >= 4 is 15.7 Å². The molecule has 0 aliphatic heterocycles. The number of rotatable bonds is 4. The van der Waals surface area contributed by atoms with Gasteiger partial charge in [-0.3, -0.25) is 0 Å². The molecule has 108 valence electrons. The largest absolute Gasteiger partial charge is 0.495 e. The van der Waals surface area contributed by atoms with Gasteiger partial charge in [0.25, 0.3) is 0 Å². The number of nitrogens with two attached hydrogens (primary N) is 1. The van der Waals surface area contributed by atoms with Crippen molar-refractivity contribution in [3.05, 3.63) is 18.2 Å². The Balaban J connectivity index is 3.13. The Kier molecular flexibility index (Phi) is 4.31. The summed E-state index contributed by atoms with van der Waals surface area (Å²) in [6.07, 6.45) is -4.61. The molecule has 0 bridgehead atoms. The summed E-state index contributed by atoms with van der Waals surface area (Å²) in [5.74, 6) is 0.0847. The Labute approximate surface area is 108 Å². The smallest absolute Gasteiger partial charge is 0.402 e. The van der Waals surface area contributed by atoms with Crippen LogP contribution in [-0.2, 0) is 10.0 Å². The lowest BCUT2D eigenvalue weighted by Gasteiger charge is -2.19. The molecule has 0 saturated heterocycles. The third-order valence-electron chi connectivity index (χ3n) is 2.32. The second-order valence-electron chi connectivity index (χ2n) is 3.78. The van der Waals surface area contributed by atoms with Crippen LogP contribution >= 0.6 is 0 Å². The van der Waals surface area contributed by atoms with Gasteiger partial charge >= 0.3 is 6.18 Å². The first-order chi connectivity index (χ1) is 8.58. The van der Waals surface area contributed by atoms with Gasteiger partial charge in [0.15, 0.2) is 0 Å². The summed E-state index contributed by atoms with van der Waals surface area (Å²) in [6.45, 7) is -1.57. The number of nitrogen functional groups attached to an aromatic ring is 1. The molecule has 0 amide bonds. The summed E-state index contributed by atoms with van der Waals surface area (Å²) >= 11 is 0. The number of anilines is 1. The first-order valence-corrected chi connectivity index (χ1v) is 6.48. The minimum atomic E-state index is -4.61. The van der Waals surface area contributed by atoms with Crippen LogP contribution in [0.2, 0.25) is 0 Å².